The van der Waals surface area contributed by atoms with Gasteiger partial charge in [0.05, 0.1) is 26.4 Å². The van der Waals surface area contributed by atoms with E-state index in [0.717, 1.165) is 11.1 Å². The van der Waals surface area contributed by atoms with E-state index >= 15 is 0 Å². The van der Waals surface area contributed by atoms with Crippen molar-refractivity contribution in [2.45, 2.75) is 18.6 Å². The van der Waals surface area contributed by atoms with Crippen molar-refractivity contribution in [1.82, 2.24) is 0 Å². The number of hydrogen-bond acceptors (Lipinski definition) is 4. The van der Waals surface area contributed by atoms with Crippen LogP contribution in [0.15, 0.2) is 48.5 Å². The number of methoxy groups -OCH3 is 2. The molecule has 0 spiro atoms. The lowest BCUT2D eigenvalue weighted by molar-refractivity contribution is 0.143. The Morgan fingerprint density at radius 1 is 1.05 bits per heavy atom. The van der Waals surface area contributed by atoms with Gasteiger partial charge in [-0.3, -0.25) is 0 Å². The Morgan fingerprint density at radius 2 is 1.76 bits per heavy atom. The molecule has 0 amide bonds. The van der Waals surface area contributed by atoms with Crippen molar-refractivity contribution in [2.24, 2.45) is 5.73 Å². The number of hydrogen-bond donors (Lipinski definition) is 2. The molecule has 0 saturated heterocycles. The van der Waals surface area contributed by atoms with Crippen molar-refractivity contribution < 1.29 is 14.6 Å². The van der Waals surface area contributed by atoms with Crippen LogP contribution in [-0.4, -0.2) is 25.4 Å². The van der Waals surface area contributed by atoms with Crippen LogP contribution < -0.4 is 15.2 Å². The fraction of sp³-hybridized carbons (Fsp3) is 0.294. The van der Waals surface area contributed by atoms with E-state index in [1.54, 1.807) is 32.4 Å². The fourth-order valence-corrected chi connectivity index (χ4v) is 2.29. The second-order valence-electron chi connectivity index (χ2n) is 4.89. The number of rotatable bonds is 6. The van der Waals surface area contributed by atoms with Crippen molar-refractivity contribution >= 4 is 0 Å². The second kappa shape index (κ2) is 7.11. The predicted octanol–water partition coefficient (Wildman–Crippen LogP) is 2.31. The first-order chi connectivity index (χ1) is 10.2. The van der Waals surface area contributed by atoms with E-state index in [2.05, 4.69) is 0 Å². The van der Waals surface area contributed by atoms with Gasteiger partial charge in [0.1, 0.15) is 11.5 Å². The highest BCUT2D eigenvalue weighted by Crippen LogP contribution is 2.30. The molecule has 3 N–H and O–H groups in total. The molecule has 0 heterocycles. The fourth-order valence-electron chi connectivity index (χ4n) is 2.29. The van der Waals surface area contributed by atoms with Crippen molar-refractivity contribution in [3.8, 4) is 11.5 Å². The molecule has 2 aromatic rings. The maximum Gasteiger partial charge on any atom is 0.123 e. The minimum Gasteiger partial charge on any atom is -0.497 e. The Kier molecular flexibility index (Phi) is 5.20. The Labute approximate surface area is 125 Å². The average Bonchev–Trinajstić information content (AvgIpc) is 2.54. The predicted molar refractivity (Wildman–Crippen MR) is 82.6 cm³/mol. The van der Waals surface area contributed by atoms with Crippen LogP contribution in [0.2, 0.25) is 0 Å². The largest absolute Gasteiger partial charge is 0.497 e. The molecule has 0 bridgehead atoms. The smallest absolute Gasteiger partial charge is 0.123 e. The topological polar surface area (TPSA) is 64.7 Å². The summed E-state index contributed by atoms with van der Waals surface area (Å²) in [6.45, 7) is 0. The van der Waals surface area contributed by atoms with Crippen molar-refractivity contribution in [1.29, 1.82) is 0 Å². The van der Waals surface area contributed by atoms with Gasteiger partial charge in [-0.25, -0.2) is 0 Å². The zero-order chi connectivity index (χ0) is 15.2. The highest BCUT2D eigenvalue weighted by molar-refractivity contribution is 5.42. The van der Waals surface area contributed by atoms with Crippen LogP contribution in [-0.2, 0) is 6.42 Å². The Bertz CT molecular complexity index is 572. The molecule has 0 fully saturated rings. The van der Waals surface area contributed by atoms with E-state index in [0.29, 0.717) is 17.9 Å². The molecule has 0 aromatic heterocycles. The molecule has 0 aliphatic rings. The first kappa shape index (κ1) is 15.4. The molecular weight excluding hydrogens is 266 g/mol. The molecule has 0 radical (unpaired) electrons. The highest BCUT2D eigenvalue weighted by atomic mass is 16.5. The quantitative estimate of drug-likeness (QED) is 0.855. The van der Waals surface area contributed by atoms with E-state index < -0.39 is 12.1 Å². The van der Waals surface area contributed by atoms with Gasteiger partial charge in [-0.1, -0.05) is 30.3 Å². The molecule has 0 aliphatic carbocycles. The number of nitrogens with two attached hydrogens (primary N) is 1. The number of ether oxygens (including phenoxy) is 2. The third kappa shape index (κ3) is 3.74. The monoisotopic (exact) mass is 287 g/mol. The summed E-state index contributed by atoms with van der Waals surface area (Å²) in [6, 6.07) is 14.6. The van der Waals surface area contributed by atoms with Gasteiger partial charge >= 0.3 is 0 Å². The summed E-state index contributed by atoms with van der Waals surface area (Å²) >= 11 is 0. The van der Waals surface area contributed by atoms with Crippen LogP contribution in [0, 0.1) is 0 Å². The van der Waals surface area contributed by atoms with Crippen LogP contribution in [0.1, 0.15) is 17.2 Å². The van der Waals surface area contributed by atoms with Crippen LogP contribution in [0.25, 0.3) is 0 Å². The Hall–Kier alpha value is -2.04. The van der Waals surface area contributed by atoms with E-state index in [1.807, 2.05) is 30.3 Å². The normalized spacial score (nSPS) is 13.5. The molecule has 2 atom stereocenters. The first-order valence-corrected chi connectivity index (χ1v) is 6.85. The van der Waals surface area contributed by atoms with Crippen molar-refractivity contribution in [3.63, 3.8) is 0 Å². The summed E-state index contributed by atoms with van der Waals surface area (Å²) in [4.78, 5) is 0. The summed E-state index contributed by atoms with van der Waals surface area (Å²) in [6.07, 6.45) is -0.212. The highest BCUT2D eigenvalue weighted by Gasteiger charge is 2.21. The zero-order valence-electron chi connectivity index (χ0n) is 12.3. The molecule has 2 rings (SSSR count). The molecule has 112 valence electrons. The van der Waals surface area contributed by atoms with Crippen molar-refractivity contribution in [2.75, 3.05) is 14.2 Å². The lowest BCUT2D eigenvalue weighted by Gasteiger charge is -2.22. The van der Waals surface area contributed by atoms with Crippen molar-refractivity contribution in [3.05, 3.63) is 59.7 Å². The minimum atomic E-state index is -0.701. The summed E-state index contributed by atoms with van der Waals surface area (Å²) in [5.41, 5.74) is 7.98. The maximum atomic E-state index is 10.4. The van der Waals surface area contributed by atoms with Gasteiger partial charge in [-0.2, -0.15) is 0 Å². The van der Waals surface area contributed by atoms with Gasteiger partial charge in [0.25, 0.3) is 0 Å². The summed E-state index contributed by atoms with van der Waals surface area (Å²) < 4.78 is 10.5. The van der Waals surface area contributed by atoms with Crippen LogP contribution in [0.3, 0.4) is 0 Å². The maximum absolute atomic E-state index is 10.4. The van der Waals surface area contributed by atoms with Crippen LogP contribution in [0.5, 0.6) is 11.5 Å². The molecule has 4 nitrogen and oxygen atoms in total. The lowest BCUT2D eigenvalue weighted by Crippen LogP contribution is -2.28. The van der Waals surface area contributed by atoms with Gasteiger partial charge in [0.2, 0.25) is 0 Å². The molecular formula is C17H21NO3. The van der Waals surface area contributed by atoms with Crippen LogP contribution >= 0.6 is 0 Å². The van der Waals surface area contributed by atoms with Gasteiger partial charge in [0, 0.05) is 12.0 Å². The second-order valence-corrected chi connectivity index (χ2v) is 4.89. The summed E-state index contributed by atoms with van der Waals surface area (Å²) in [5, 5.41) is 10.4. The number of benzene rings is 2. The summed E-state index contributed by atoms with van der Waals surface area (Å²) in [5.74, 6) is 1.34. The molecule has 2 aromatic carbocycles. The van der Waals surface area contributed by atoms with E-state index in [-0.39, 0.29) is 0 Å². The van der Waals surface area contributed by atoms with Gasteiger partial charge in [-0.05, 0) is 23.8 Å². The molecule has 0 aliphatic heterocycles. The molecule has 4 heteroatoms. The third-order valence-corrected chi connectivity index (χ3v) is 3.50. The average molecular weight is 287 g/mol. The molecule has 21 heavy (non-hydrogen) atoms. The molecule has 0 unspecified atom stereocenters. The van der Waals surface area contributed by atoms with Gasteiger partial charge in [0.15, 0.2) is 0 Å². The van der Waals surface area contributed by atoms with E-state index in [1.165, 1.54) is 0 Å². The number of aliphatic hydroxyl groups is 1. The van der Waals surface area contributed by atoms with Gasteiger partial charge < -0.3 is 20.3 Å². The SMILES string of the molecule is COc1ccc(OC)c([C@H](N)[C@H](O)Cc2ccccc2)c1. The Balaban J connectivity index is 2.20. The number of aliphatic hydroxyl groups excluding tert-OH is 1. The minimum absolute atomic E-state index is 0.488. The molecule has 0 saturated carbocycles. The standard InChI is InChI=1S/C17H21NO3/c1-20-13-8-9-16(21-2)14(11-13)17(18)15(19)10-12-6-4-3-5-7-12/h3-9,11,15,17,19H,10,18H2,1-2H3/t15-,17+/m1/s1. The lowest BCUT2D eigenvalue weighted by atomic mass is 9.96. The van der Waals surface area contributed by atoms with Crippen LogP contribution in [0.4, 0.5) is 0 Å². The summed E-state index contributed by atoms with van der Waals surface area (Å²) in [7, 11) is 3.18. The Morgan fingerprint density at radius 3 is 2.38 bits per heavy atom. The van der Waals surface area contributed by atoms with E-state index in [4.69, 9.17) is 15.2 Å². The zero-order valence-corrected chi connectivity index (χ0v) is 12.3. The van der Waals surface area contributed by atoms with E-state index in [9.17, 15) is 5.11 Å². The van der Waals surface area contributed by atoms with Gasteiger partial charge in [-0.15, -0.1) is 0 Å². The third-order valence-electron chi connectivity index (χ3n) is 3.50. The first-order valence-electron chi connectivity index (χ1n) is 6.85.